The summed E-state index contributed by atoms with van der Waals surface area (Å²) in [5, 5.41) is 8.81. The molecule has 0 aromatic carbocycles. The van der Waals surface area contributed by atoms with Crippen molar-refractivity contribution in [2.24, 2.45) is 0 Å². The molecule has 1 rings (SSSR count). The van der Waals surface area contributed by atoms with E-state index in [0.717, 1.165) is 19.6 Å². The topological polar surface area (TPSA) is 40.5 Å². The highest BCUT2D eigenvalue weighted by Crippen LogP contribution is 2.09. The van der Waals surface area contributed by atoms with Gasteiger partial charge in [-0.3, -0.25) is 4.90 Å². The molecule has 0 unspecified atom stereocenters. The highest BCUT2D eigenvalue weighted by atomic mass is 32.2. The van der Waals surface area contributed by atoms with Crippen LogP contribution >= 0.6 is 11.8 Å². The van der Waals surface area contributed by atoms with E-state index in [1.165, 1.54) is 11.5 Å². The van der Waals surface area contributed by atoms with Crippen LogP contribution in [0.1, 0.15) is 13.3 Å². The minimum absolute atomic E-state index is 0.531. The first-order valence-electron chi connectivity index (χ1n) is 4.96. The van der Waals surface area contributed by atoms with Gasteiger partial charge < -0.3 is 5.11 Å². The minimum Gasteiger partial charge on any atom is -0.478 e. The van der Waals surface area contributed by atoms with Crippen LogP contribution < -0.4 is 0 Å². The van der Waals surface area contributed by atoms with Crippen LogP contribution in [0.5, 0.6) is 0 Å². The third-order valence-electron chi connectivity index (χ3n) is 2.36. The lowest BCUT2D eigenvalue weighted by Gasteiger charge is -2.24. The van der Waals surface area contributed by atoms with Crippen molar-refractivity contribution in [3.05, 3.63) is 11.6 Å². The maximum Gasteiger partial charge on any atom is 0.331 e. The maximum absolute atomic E-state index is 10.7. The van der Waals surface area contributed by atoms with E-state index in [-0.39, 0.29) is 0 Å². The van der Waals surface area contributed by atoms with Gasteiger partial charge in [0.25, 0.3) is 0 Å². The number of rotatable bonds is 4. The van der Waals surface area contributed by atoms with Gasteiger partial charge in [0.1, 0.15) is 0 Å². The highest BCUT2D eigenvalue weighted by molar-refractivity contribution is 7.99. The fourth-order valence-corrected chi connectivity index (χ4v) is 2.38. The molecule has 0 aromatic rings. The molecule has 1 saturated heterocycles. The summed E-state index contributed by atoms with van der Waals surface area (Å²) < 4.78 is 0. The first-order valence-corrected chi connectivity index (χ1v) is 6.12. The molecule has 14 heavy (non-hydrogen) atoms. The molecule has 1 aliphatic rings. The van der Waals surface area contributed by atoms with E-state index in [0.29, 0.717) is 12.0 Å². The molecule has 0 saturated carbocycles. The van der Waals surface area contributed by atoms with E-state index in [1.54, 1.807) is 0 Å². The number of nitrogens with zero attached hydrogens (tertiary/aromatic N) is 1. The zero-order chi connectivity index (χ0) is 10.4. The molecule has 0 aliphatic carbocycles. The third-order valence-corrected chi connectivity index (χ3v) is 3.30. The van der Waals surface area contributed by atoms with Gasteiger partial charge >= 0.3 is 5.97 Å². The van der Waals surface area contributed by atoms with Gasteiger partial charge in [0.2, 0.25) is 0 Å². The number of hydrogen-bond acceptors (Lipinski definition) is 3. The number of thioether (sulfide) groups is 1. The molecule has 0 radical (unpaired) electrons. The van der Waals surface area contributed by atoms with Crippen LogP contribution in [-0.4, -0.2) is 47.1 Å². The van der Waals surface area contributed by atoms with E-state index in [1.807, 2.05) is 24.8 Å². The number of carboxylic acid groups (broad SMARTS) is 1. The van der Waals surface area contributed by atoms with Crippen LogP contribution in [0.4, 0.5) is 0 Å². The van der Waals surface area contributed by atoms with Crippen LogP contribution in [0.25, 0.3) is 0 Å². The first kappa shape index (κ1) is 11.6. The quantitative estimate of drug-likeness (QED) is 0.721. The van der Waals surface area contributed by atoms with Crippen LogP contribution in [-0.2, 0) is 4.79 Å². The van der Waals surface area contributed by atoms with Crippen molar-refractivity contribution in [3.63, 3.8) is 0 Å². The molecule has 80 valence electrons. The maximum atomic E-state index is 10.7. The summed E-state index contributed by atoms with van der Waals surface area (Å²) in [6.07, 6.45) is 2.45. The Hall–Kier alpha value is -0.480. The first-order chi connectivity index (χ1) is 6.74. The molecule has 0 atom stereocenters. The van der Waals surface area contributed by atoms with Gasteiger partial charge in [0, 0.05) is 36.7 Å². The highest BCUT2D eigenvalue weighted by Gasteiger charge is 2.10. The normalized spacial score (nSPS) is 19.6. The summed E-state index contributed by atoms with van der Waals surface area (Å²) in [4.78, 5) is 13.0. The Morgan fingerprint density at radius 3 is 2.64 bits per heavy atom. The molecule has 0 amide bonds. The summed E-state index contributed by atoms with van der Waals surface area (Å²) in [6, 6.07) is 0. The van der Waals surface area contributed by atoms with Gasteiger partial charge in [-0.25, -0.2) is 4.79 Å². The number of hydrogen-bond donors (Lipinski definition) is 1. The number of aliphatic carboxylic acids is 1. The van der Waals surface area contributed by atoms with E-state index in [4.69, 9.17) is 5.11 Å². The van der Waals surface area contributed by atoms with Crippen molar-refractivity contribution in [2.45, 2.75) is 13.3 Å². The lowest BCUT2D eigenvalue weighted by atomic mass is 10.2. The van der Waals surface area contributed by atoms with E-state index in [9.17, 15) is 4.79 Å². The Morgan fingerprint density at radius 2 is 2.14 bits per heavy atom. The van der Waals surface area contributed by atoms with Gasteiger partial charge in [0.15, 0.2) is 0 Å². The lowest BCUT2D eigenvalue weighted by Crippen LogP contribution is -2.32. The van der Waals surface area contributed by atoms with Gasteiger partial charge in [-0.05, 0) is 6.42 Å². The van der Waals surface area contributed by atoms with Gasteiger partial charge in [-0.2, -0.15) is 11.8 Å². The minimum atomic E-state index is -0.779. The Morgan fingerprint density at radius 1 is 1.50 bits per heavy atom. The van der Waals surface area contributed by atoms with E-state index < -0.39 is 5.97 Å². The fraction of sp³-hybridized carbons (Fsp3) is 0.700. The Balaban J connectivity index is 2.38. The summed E-state index contributed by atoms with van der Waals surface area (Å²) in [7, 11) is 0. The van der Waals surface area contributed by atoms with Gasteiger partial charge in [-0.15, -0.1) is 0 Å². The standard InChI is InChI=1S/C10H17NO2S/c1-2-9(10(12)13)3-4-11-5-7-14-8-6-11/h3H,2,4-8H2,1H3,(H,12,13). The number of carbonyl (C=O) groups is 1. The van der Waals surface area contributed by atoms with E-state index in [2.05, 4.69) is 4.90 Å². The molecular formula is C10H17NO2S. The predicted molar refractivity (Wildman–Crippen MR) is 59.8 cm³/mol. The van der Waals surface area contributed by atoms with Crippen LogP contribution in [0, 0.1) is 0 Å². The largest absolute Gasteiger partial charge is 0.478 e. The summed E-state index contributed by atoms with van der Waals surface area (Å²) in [5.41, 5.74) is 0.531. The zero-order valence-electron chi connectivity index (χ0n) is 8.53. The Labute approximate surface area is 89.2 Å². The average Bonchev–Trinajstić information content (AvgIpc) is 2.20. The molecule has 0 spiro atoms. The van der Waals surface area contributed by atoms with Crippen molar-refractivity contribution < 1.29 is 9.90 Å². The van der Waals surface area contributed by atoms with Gasteiger partial charge in [-0.1, -0.05) is 13.0 Å². The molecule has 4 heteroatoms. The van der Waals surface area contributed by atoms with Crippen molar-refractivity contribution in [1.82, 2.24) is 4.90 Å². The zero-order valence-corrected chi connectivity index (χ0v) is 9.35. The van der Waals surface area contributed by atoms with Crippen LogP contribution in [0.15, 0.2) is 11.6 Å². The molecule has 1 fully saturated rings. The second kappa shape index (κ2) is 6.09. The molecule has 1 N–H and O–H groups in total. The molecule has 1 aliphatic heterocycles. The SMILES string of the molecule is CCC(=CCN1CCSCC1)C(=O)O. The molecular weight excluding hydrogens is 198 g/mol. The smallest absolute Gasteiger partial charge is 0.331 e. The molecule has 0 bridgehead atoms. The Bertz CT molecular complexity index is 222. The van der Waals surface area contributed by atoms with Crippen LogP contribution in [0.2, 0.25) is 0 Å². The van der Waals surface area contributed by atoms with Gasteiger partial charge in [0.05, 0.1) is 0 Å². The molecule has 3 nitrogen and oxygen atoms in total. The predicted octanol–water partition coefficient (Wildman–Crippen LogP) is 1.46. The molecule has 0 aromatic heterocycles. The number of carboxylic acids is 1. The Kier molecular flexibility index (Phi) is 5.04. The summed E-state index contributed by atoms with van der Waals surface area (Å²) in [6.45, 7) is 4.83. The molecule has 1 heterocycles. The monoisotopic (exact) mass is 215 g/mol. The third kappa shape index (κ3) is 3.72. The van der Waals surface area contributed by atoms with Crippen molar-refractivity contribution in [1.29, 1.82) is 0 Å². The summed E-state index contributed by atoms with van der Waals surface area (Å²) >= 11 is 1.97. The second-order valence-corrected chi connectivity index (χ2v) is 4.53. The average molecular weight is 215 g/mol. The fourth-order valence-electron chi connectivity index (χ4n) is 1.41. The van der Waals surface area contributed by atoms with E-state index >= 15 is 0 Å². The lowest BCUT2D eigenvalue weighted by molar-refractivity contribution is -0.132. The van der Waals surface area contributed by atoms with Crippen molar-refractivity contribution in [3.8, 4) is 0 Å². The summed E-state index contributed by atoms with van der Waals surface area (Å²) in [5.74, 6) is 1.56. The van der Waals surface area contributed by atoms with Crippen LogP contribution in [0.3, 0.4) is 0 Å². The second-order valence-electron chi connectivity index (χ2n) is 3.30. The van der Waals surface area contributed by atoms with Crippen molar-refractivity contribution in [2.75, 3.05) is 31.1 Å². The van der Waals surface area contributed by atoms with Crippen molar-refractivity contribution >= 4 is 17.7 Å².